The summed E-state index contributed by atoms with van der Waals surface area (Å²) in [6.07, 6.45) is 0. The fourth-order valence-corrected chi connectivity index (χ4v) is 2.15. The number of nitrogens with zero attached hydrogens (tertiary/aromatic N) is 1. The number of primary amides is 1. The van der Waals surface area contributed by atoms with Crippen molar-refractivity contribution in [3.63, 3.8) is 0 Å². The summed E-state index contributed by atoms with van der Waals surface area (Å²) in [6, 6.07) is 12.5. The van der Waals surface area contributed by atoms with E-state index in [1.54, 1.807) is 24.3 Å². The molecule has 2 rings (SSSR count). The number of rotatable bonds is 4. The van der Waals surface area contributed by atoms with Crippen LogP contribution >= 0.6 is 11.6 Å². The molecule has 0 aliphatic heterocycles. The molecule has 4 N–H and O–H groups in total. The van der Waals surface area contributed by atoms with Crippen molar-refractivity contribution in [2.75, 3.05) is 17.7 Å². The Labute approximate surface area is 122 Å². The Hall–Kier alpha value is -2.20. The summed E-state index contributed by atoms with van der Waals surface area (Å²) in [5.74, 6) is -0.427. The largest absolute Gasteiger partial charge is 0.397 e. The first-order valence-electron chi connectivity index (χ1n) is 6.12. The highest BCUT2D eigenvalue weighted by Gasteiger charge is 2.07. The Balaban J connectivity index is 2.16. The highest BCUT2D eigenvalue weighted by atomic mass is 35.5. The summed E-state index contributed by atoms with van der Waals surface area (Å²) in [6.45, 7) is 0.656. The number of anilines is 2. The van der Waals surface area contributed by atoms with E-state index in [1.807, 2.05) is 30.1 Å². The Kier molecular flexibility index (Phi) is 4.15. The molecule has 0 spiro atoms. The maximum absolute atomic E-state index is 11.0. The lowest BCUT2D eigenvalue weighted by molar-refractivity contribution is 0.100. The molecule has 2 aromatic rings. The van der Waals surface area contributed by atoms with Crippen molar-refractivity contribution in [3.8, 4) is 0 Å². The maximum atomic E-state index is 11.0. The molecule has 0 aliphatic carbocycles. The Bertz CT molecular complexity index is 626. The molecule has 0 aromatic heterocycles. The summed E-state index contributed by atoms with van der Waals surface area (Å²) in [5.41, 5.74) is 14.3. The van der Waals surface area contributed by atoms with Gasteiger partial charge < -0.3 is 16.4 Å². The normalized spacial score (nSPS) is 10.3. The number of hydrogen-bond donors (Lipinski definition) is 2. The zero-order valence-electron chi connectivity index (χ0n) is 11.1. The molecule has 1 amide bonds. The Morgan fingerprint density at radius 3 is 2.45 bits per heavy atom. The van der Waals surface area contributed by atoms with Crippen molar-refractivity contribution in [3.05, 3.63) is 58.6 Å². The summed E-state index contributed by atoms with van der Waals surface area (Å²) in [5, 5.41) is 0.644. The van der Waals surface area contributed by atoms with E-state index in [0.717, 1.165) is 11.3 Å². The van der Waals surface area contributed by atoms with Crippen molar-refractivity contribution in [2.24, 2.45) is 5.73 Å². The first-order valence-corrected chi connectivity index (χ1v) is 6.50. The third-order valence-electron chi connectivity index (χ3n) is 3.06. The van der Waals surface area contributed by atoms with E-state index in [1.165, 1.54) is 0 Å². The highest BCUT2D eigenvalue weighted by molar-refractivity contribution is 6.31. The van der Waals surface area contributed by atoms with E-state index < -0.39 is 5.91 Å². The first kappa shape index (κ1) is 14.2. The van der Waals surface area contributed by atoms with Crippen LogP contribution in [0.4, 0.5) is 11.4 Å². The van der Waals surface area contributed by atoms with Gasteiger partial charge in [0.15, 0.2) is 0 Å². The van der Waals surface area contributed by atoms with E-state index in [2.05, 4.69) is 0 Å². The molecule has 4 nitrogen and oxygen atoms in total. The third kappa shape index (κ3) is 3.22. The molecule has 0 bridgehead atoms. The molecule has 20 heavy (non-hydrogen) atoms. The van der Waals surface area contributed by atoms with Gasteiger partial charge in [-0.1, -0.05) is 23.7 Å². The van der Waals surface area contributed by atoms with Gasteiger partial charge in [-0.2, -0.15) is 0 Å². The van der Waals surface area contributed by atoms with Crippen molar-refractivity contribution in [1.29, 1.82) is 0 Å². The quantitative estimate of drug-likeness (QED) is 0.850. The zero-order valence-corrected chi connectivity index (χ0v) is 11.9. The zero-order chi connectivity index (χ0) is 14.7. The van der Waals surface area contributed by atoms with Crippen LogP contribution in [0.1, 0.15) is 15.9 Å². The SMILES string of the molecule is CN(Cc1ccc(C(N)=O)cc1)c1cc(Cl)ccc1N. The van der Waals surface area contributed by atoms with Crippen LogP contribution in [0, 0.1) is 0 Å². The minimum absolute atomic E-state index is 0.427. The summed E-state index contributed by atoms with van der Waals surface area (Å²) in [4.78, 5) is 13.0. The average molecular weight is 290 g/mol. The number of halogens is 1. The van der Waals surface area contributed by atoms with Gasteiger partial charge in [0.1, 0.15) is 0 Å². The van der Waals surface area contributed by atoms with Gasteiger partial charge in [0.2, 0.25) is 5.91 Å². The average Bonchev–Trinajstić information content (AvgIpc) is 2.42. The second kappa shape index (κ2) is 5.84. The Morgan fingerprint density at radius 1 is 1.20 bits per heavy atom. The lowest BCUT2D eigenvalue weighted by atomic mass is 10.1. The number of amides is 1. The monoisotopic (exact) mass is 289 g/mol. The molecular weight excluding hydrogens is 274 g/mol. The molecule has 0 heterocycles. The van der Waals surface area contributed by atoms with Crippen molar-refractivity contribution < 1.29 is 4.79 Å². The fraction of sp³-hybridized carbons (Fsp3) is 0.133. The minimum atomic E-state index is -0.427. The van der Waals surface area contributed by atoms with Crippen molar-refractivity contribution in [1.82, 2.24) is 0 Å². The molecule has 0 saturated carbocycles. The molecular formula is C15H16ClN3O. The van der Waals surface area contributed by atoms with E-state index in [-0.39, 0.29) is 0 Å². The fourth-order valence-electron chi connectivity index (χ4n) is 1.98. The number of benzene rings is 2. The van der Waals surface area contributed by atoms with Crippen LogP contribution in [0.3, 0.4) is 0 Å². The van der Waals surface area contributed by atoms with Crippen LogP contribution in [0.2, 0.25) is 5.02 Å². The van der Waals surface area contributed by atoms with Crippen molar-refractivity contribution in [2.45, 2.75) is 6.54 Å². The van der Waals surface area contributed by atoms with E-state index >= 15 is 0 Å². The predicted molar refractivity (Wildman–Crippen MR) is 82.9 cm³/mol. The maximum Gasteiger partial charge on any atom is 0.248 e. The molecule has 0 atom stereocenters. The summed E-state index contributed by atoms with van der Waals surface area (Å²) >= 11 is 5.99. The molecule has 0 saturated heterocycles. The van der Waals surface area contributed by atoms with Gasteiger partial charge in [-0.25, -0.2) is 0 Å². The lowest BCUT2D eigenvalue weighted by Gasteiger charge is -2.21. The van der Waals surface area contributed by atoms with E-state index in [4.69, 9.17) is 23.1 Å². The van der Waals surface area contributed by atoms with Gasteiger partial charge in [0, 0.05) is 24.2 Å². The number of carbonyl (C=O) groups excluding carboxylic acids is 1. The van der Waals surface area contributed by atoms with Gasteiger partial charge in [-0.3, -0.25) is 4.79 Å². The number of nitrogens with two attached hydrogens (primary N) is 2. The second-order valence-electron chi connectivity index (χ2n) is 4.62. The summed E-state index contributed by atoms with van der Waals surface area (Å²) in [7, 11) is 1.93. The highest BCUT2D eigenvalue weighted by Crippen LogP contribution is 2.27. The molecule has 2 aromatic carbocycles. The first-order chi connectivity index (χ1) is 9.47. The van der Waals surface area contributed by atoms with E-state index in [9.17, 15) is 4.79 Å². The number of nitrogen functional groups attached to an aromatic ring is 1. The molecule has 5 heteroatoms. The van der Waals surface area contributed by atoms with Gasteiger partial charge in [0.25, 0.3) is 0 Å². The van der Waals surface area contributed by atoms with Crippen molar-refractivity contribution >= 4 is 28.9 Å². The standard InChI is InChI=1S/C15H16ClN3O/c1-19(14-8-12(16)6-7-13(14)17)9-10-2-4-11(5-3-10)15(18)20/h2-8H,9,17H2,1H3,(H2,18,20). The van der Waals surface area contributed by atoms with Crippen LogP contribution in [0.15, 0.2) is 42.5 Å². The Morgan fingerprint density at radius 2 is 1.85 bits per heavy atom. The van der Waals surface area contributed by atoms with Gasteiger partial charge in [-0.05, 0) is 35.9 Å². The third-order valence-corrected chi connectivity index (χ3v) is 3.30. The summed E-state index contributed by atoms with van der Waals surface area (Å²) < 4.78 is 0. The van der Waals surface area contributed by atoms with Crippen LogP contribution in [0.25, 0.3) is 0 Å². The molecule has 0 aliphatic rings. The molecule has 0 radical (unpaired) electrons. The van der Waals surface area contributed by atoms with Gasteiger partial charge in [-0.15, -0.1) is 0 Å². The van der Waals surface area contributed by atoms with Crippen LogP contribution in [-0.2, 0) is 6.54 Å². The van der Waals surface area contributed by atoms with Crippen LogP contribution < -0.4 is 16.4 Å². The van der Waals surface area contributed by atoms with Gasteiger partial charge >= 0.3 is 0 Å². The number of carbonyl (C=O) groups is 1. The topological polar surface area (TPSA) is 72.3 Å². The van der Waals surface area contributed by atoms with Gasteiger partial charge in [0.05, 0.1) is 11.4 Å². The van der Waals surface area contributed by atoms with Crippen LogP contribution in [0.5, 0.6) is 0 Å². The minimum Gasteiger partial charge on any atom is -0.397 e. The second-order valence-corrected chi connectivity index (χ2v) is 5.06. The molecule has 104 valence electrons. The molecule has 0 unspecified atom stereocenters. The predicted octanol–water partition coefficient (Wildman–Crippen LogP) is 2.66. The molecule has 0 fully saturated rings. The van der Waals surface area contributed by atoms with Crippen LogP contribution in [-0.4, -0.2) is 13.0 Å². The van der Waals surface area contributed by atoms with E-state index in [0.29, 0.717) is 22.8 Å². The number of hydrogen-bond acceptors (Lipinski definition) is 3. The smallest absolute Gasteiger partial charge is 0.248 e. The lowest BCUT2D eigenvalue weighted by Crippen LogP contribution is -2.18.